The predicted octanol–water partition coefficient (Wildman–Crippen LogP) is -4.35. The molecule has 2 fully saturated rings. The van der Waals surface area contributed by atoms with Crippen LogP contribution < -0.4 is 5.32 Å². The minimum absolute atomic E-state index is 0.0122. The molecule has 0 radical (unpaired) electrons. The summed E-state index contributed by atoms with van der Waals surface area (Å²) in [5.74, 6) is -1.11. The number of rotatable bonds is 7. The van der Waals surface area contributed by atoms with Crippen LogP contribution in [-0.2, 0) is 23.7 Å². The second-order valence-corrected chi connectivity index (χ2v) is 6.85. The van der Waals surface area contributed by atoms with Gasteiger partial charge in [0.25, 0.3) is 0 Å². The van der Waals surface area contributed by atoms with Gasteiger partial charge in [-0.15, -0.1) is 0 Å². The van der Waals surface area contributed by atoms with Crippen molar-refractivity contribution in [1.82, 2.24) is 5.32 Å². The normalized spacial score (nSPS) is 44.3. The lowest BCUT2D eigenvalue weighted by atomic mass is 9.90. The largest absolute Gasteiger partial charge is 0.394 e. The molecule has 0 bridgehead atoms. The van der Waals surface area contributed by atoms with Crippen LogP contribution in [0.15, 0.2) is 0 Å². The molecule has 0 aromatic carbocycles. The van der Waals surface area contributed by atoms with Gasteiger partial charge < -0.3 is 54.9 Å². The van der Waals surface area contributed by atoms with Crippen LogP contribution in [0.1, 0.15) is 6.92 Å². The summed E-state index contributed by atoms with van der Waals surface area (Å²) in [6, 6.07) is 0. The molecule has 12 heteroatoms. The molecule has 0 aromatic rings. The Labute approximate surface area is 161 Å². The van der Waals surface area contributed by atoms with Gasteiger partial charge >= 0.3 is 0 Å². The van der Waals surface area contributed by atoms with Gasteiger partial charge in [-0.3, -0.25) is 4.79 Å². The molecule has 2 saturated heterocycles. The summed E-state index contributed by atoms with van der Waals surface area (Å²) in [6.07, 6.45) is -12.2. The van der Waals surface area contributed by atoms with E-state index < -0.39 is 74.4 Å². The maximum absolute atomic E-state index is 11.2. The Kier molecular flexibility index (Phi) is 8.51. The minimum Gasteiger partial charge on any atom is -0.394 e. The van der Waals surface area contributed by atoms with E-state index in [0.717, 1.165) is 0 Å². The van der Waals surface area contributed by atoms with Crippen LogP contribution >= 0.6 is 0 Å². The first-order chi connectivity index (χ1) is 13.2. The molecular weight excluding hydrogens is 382 g/mol. The number of amides is 1. The number of methoxy groups -OCH3 is 1. The number of ether oxygens (including phenoxy) is 4. The number of aliphatic hydroxyl groups excluding tert-OH is 6. The first kappa shape index (κ1) is 23.3. The average molecular weight is 411 g/mol. The smallest absolute Gasteiger partial charge is 0.216 e. The van der Waals surface area contributed by atoms with Gasteiger partial charge in [0, 0.05) is 20.6 Å². The van der Waals surface area contributed by atoms with Crippen molar-refractivity contribution in [2.45, 2.75) is 62.2 Å². The number of carbonyl (C=O) groups is 1. The predicted molar refractivity (Wildman–Crippen MR) is 89.6 cm³/mol. The molecule has 28 heavy (non-hydrogen) atoms. The molecule has 0 unspecified atom stereocenters. The second kappa shape index (κ2) is 10.2. The van der Waals surface area contributed by atoms with Crippen LogP contribution in [0.3, 0.4) is 0 Å². The Morgan fingerprint density at radius 2 is 1.54 bits per heavy atom. The Morgan fingerprint density at radius 3 is 2.07 bits per heavy atom. The third-order valence-corrected chi connectivity index (χ3v) is 4.94. The summed E-state index contributed by atoms with van der Waals surface area (Å²) in [6.45, 7) is 0.0821. The van der Waals surface area contributed by atoms with E-state index in [9.17, 15) is 35.4 Å². The highest BCUT2D eigenvalue weighted by atomic mass is 16.7. The van der Waals surface area contributed by atoms with Gasteiger partial charge in [0.15, 0.2) is 12.6 Å². The van der Waals surface area contributed by atoms with Crippen molar-refractivity contribution in [2.24, 2.45) is 5.92 Å². The monoisotopic (exact) mass is 411 g/mol. The van der Waals surface area contributed by atoms with E-state index in [1.165, 1.54) is 14.0 Å². The van der Waals surface area contributed by atoms with Crippen molar-refractivity contribution in [3.8, 4) is 0 Å². The summed E-state index contributed by atoms with van der Waals surface area (Å²) >= 11 is 0. The van der Waals surface area contributed by atoms with Crippen LogP contribution in [0.4, 0.5) is 0 Å². The van der Waals surface area contributed by atoms with Crippen molar-refractivity contribution in [3.63, 3.8) is 0 Å². The van der Waals surface area contributed by atoms with E-state index in [-0.39, 0.29) is 12.5 Å². The molecule has 0 aliphatic carbocycles. The zero-order chi connectivity index (χ0) is 21.0. The summed E-state index contributed by atoms with van der Waals surface area (Å²) in [5.41, 5.74) is 0. The third kappa shape index (κ3) is 4.97. The van der Waals surface area contributed by atoms with Gasteiger partial charge in [-0.05, 0) is 0 Å². The zero-order valence-corrected chi connectivity index (χ0v) is 15.6. The Hall–Kier alpha value is -0.930. The molecule has 2 heterocycles. The van der Waals surface area contributed by atoms with Crippen molar-refractivity contribution in [3.05, 3.63) is 0 Å². The van der Waals surface area contributed by atoms with Crippen LogP contribution in [-0.4, -0.2) is 119 Å². The van der Waals surface area contributed by atoms with Crippen LogP contribution in [0.5, 0.6) is 0 Å². The standard InChI is InChI=1S/C16H29NO11/c1-6(20)17-3-7-10(21)14(9(5-19)27-15(7)25-2)28-16-13(24)12(23)11(22)8(4-18)26-16/h7-16,18-19,21-24H,3-5H2,1-2H3,(H,17,20)/t7-,8-,9-,10-,11-,12+,13-,14-,15-,16-/m1/s1. The molecule has 7 N–H and O–H groups in total. The number of hydrogen-bond donors (Lipinski definition) is 7. The van der Waals surface area contributed by atoms with Gasteiger partial charge in [-0.1, -0.05) is 0 Å². The number of aliphatic hydroxyl groups is 6. The highest BCUT2D eigenvalue weighted by Crippen LogP contribution is 2.31. The van der Waals surface area contributed by atoms with Gasteiger partial charge in [0.1, 0.15) is 36.6 Å². The first-order valence-electron chi connectivity index (χ1n) is 8.92. The van der Waals surface area contributed by atoms with E-state index in [1.54, 1.807) is 0 Å². The molecule has 12 nitrogen and oxygen atoms in total. The molecular formula is C16H29NO11. The third-order valence-electron chi connectivity index (χ3n) is 4.94. The van der Waals surface area contributed by atoms with Gasteiger partial charge in [-0.2, -0.15) is 0 Å². The Bertz CT molecular complexity index is 507. The lowest BCUT2D eigenvalue weighted by Gasteiger charge is -2.47. The molecule has 164 valence electrons. The van der Waals surface area contributed by atoms with Gasteiger partial charge in [-0.25, -0.2) is 0 Å². The summed E-state index contributed by atoms with van der Waals surface area (Å²) in [4.78, 5) is 11.2. The summed E-state index contributed by atoms with van der Waals surface area (Å²) in [5, 5.41) is 62.0. The average Bonchev–Trinajstić information content (AvgIpc) is 2.68. The lowest BCUT2D eigenvalue weighted by Crippen LogP contribution is -2.64. The Morgan fingerprint density at radius 1 is 0.929 bits per heavy atom. The highest BCUT2D eigenvalue weighted by molar-refractivity contribution is 5.72. The van der Waals surface area contributed by atoms with Crippen LogP contribution in [0, 0.1) is 5.92 Å². The molecule has 2 aliphatic heterocycles. The van der Waals surface area contributed by atoms with Gasteiger partial charge in [0.2, 0.25) is 5.91 Å². The molecule has 0 aromatic heterocycles. The van der Waals surface area contributed by atoms with Crippen molar-refractivity contribution in [2.75, 3.05) is 26.9 Å². The fourth-order valence-corrected chi connectivity index (χ4v) is 3.33. The fourth-order valence-electron chi connectivity index (χ4n) is 3.33. The number of hydrogen-bond acceptors (Lipinski definition) is 11. The molecule has 0 spiro atoms. The van der Waals surface area contributed by atoms with Crippen LogP contribution in [0.25, 0.3) is 0 Å². The lowest BCUT2D eigenvalue weighted by molar-refractivity contribution is -0.352. The highest BCUT2D eigenvalue weighted by Gasteiger charge is 2.50. The van der Waals surface area contributed by atoms with Crippen molar-refractivity contribution >= 4 is 5.91 Å². The molecule has 2 aliphatic rings. The quantitative estimate of drug-likeness (QED) is 0.214. The van der Waals surface area contributed by atoms with E-state index >= 15 is 0 Å². The molecule has 1 amide bonds. The zero-order valence-electron chi connectivity index (χ0n) is 15.6. The van der Waals surface area contributed by atoms with E-state index in [0.29, 0.717) is 0 Å². The number of carbonyl (C=O) groups excluding carboxylic acids is 1. The fraction of sp³-hybridized carbons (Fsp3) is 0.938. The van der Waals surface area contributed by atoms with Crippen molar-refractivity contribution in [1.29, 1.82) is 0 Å². The molecule has 0 saturated carbocycles. The summed E-state index contributed by atoms with van der Waals surface area (Å²) < 4.78 is 21.6. The minimum atomic E-state index is -1.68. The van der Waals surface area contributed by atoms with Crippen LogP contribution in [0.2, 0.25) is 0 Å². The second-order valence-electron chi connectivity index (χ2n) is 6.85. The van der Waals surface area contributed by atoms with E-state index in [4.69, 9.17) is 18.9 Å². The summed E-state index contributed by atoms with van der Waals surface area (Å²) in [7, 11) is 1.34. The van der Waals surface area contributed by atoms with E-state index in [2.05, 4.69) is 5.32 Å². The SMILES string of the molecule is CO[C@@H]1O[C@H](CO)[C@@H](O[C@H]2O[C@H](CO)[C@@H](O)[C@H](O)[C@H]2O)[C@H](O)[C@H]1CNC(C)=O. The van der Waals surface area contributed by atoms with Gasteiger partial charge in [0.05, 0.1) is 25.2 Å². The van der Waals surface area contributed by atoms with E-state index in [1.807, 2.05) is 0 Å². The van der Waals surface area contributed by atoms with Crippen molar-refractivity contribution < 1.29 is 54.4 Å². The topological polar surface area (TPSA) is 187 Å². The molecule has 2 rings (SSSR count). The first-order valence-corrected chi connectivity index (χ1v) is 8.92. The maximum Gasteiger partial charge on any atom is 0.216 e. The Balaban J connectivity index is 2.17. The maximum atomic E-state index is 11.2. The molecule has 10 atom stereocenters. The number of nitrogens with one attached hydrogen (secondary N) is 1.